The second kappa shape index (κ2) is 8.50. The summed E-state index contributed by atoms with van der Waals surface area (Å²) >= 11 is 0. The molecule has 1 fully saturated rings. The minimum absolute atomic E-state index is 0.0818. The van der Waals surface area contributed by atoms with E-state index in [9.17, 15) is 14.4 Å². The van der Waals surface area contributed by atoms with Gasteiger partial charge in [-0.3, -0.25) is 14.9 Å². The molecule has 1 aromatic rings. The van der Waals surface area contributed by atoms with Gasteiger partial charge >= 0.3 is 6.03 Å². The third kappa shape index (κ3) is 6.45. The highest BCUT2D eigenvalue weighted by atomic mass is 16.2. The van der Waals surface area contributed by atoms with Gasteiger partial charge in [-0.2, -0.15) is 0 Å². The molecule has 4 amide bonds. The van der Waals surface area contributed by atoms with Crippen LogP contribution in [-0.2, 0) is 4.79 Å². The third-order valence-corrected chi connectivity index (χ3v) is 3.74. The number of carbonyl (C=O) groups is 3. The van der Waals surface area contributed by atoms with Gasteiger partial charge in [-0.15, -0.1) is 0 Å². The Bertz CT molecular complexity index is 624. The first-order valence-electron chi connectivity index (χ1n) is 8.61. The molecule has 4 N–H and O–H groups in total. The lowest BCUT2D eigenvalue weighted by atomic mass is 10.2. The van der Waals surface area contributed by atoms with E-state index in [4.69, 9.17) is 0 Å². The molecule has 0 bridgehead atoms. The summed E-state index contributed by atoms with van der Waals surface area (Å²) in [5.41, 5.74) is 1.29. The summed E-state index contributed by atoms with van der Waals surface area (Å²) < 4.78 is 0. The van der Waals surface area contributed by atoms with Crippen molar-refractivity contribution in [2.75, 3.05) is 11.9 Å². The molecule has 0 aromatic heterocycles. The molecular weight excluding hydrogens is 320 g/mol. The lowest BCUT2D eigenvalue weighted by Gasteiger charge is -2.15. The second-order valence-corrected chi connectivity index (χ2v) is 6.78. The van der Waals surface area contributed by atoms with Crippen LogP contribution in [0, 0.1) is 5.92 Å². The number of urea groups is 1. The number of hydrogen-bond donors (Lipinski definition) is 4. The largest absolute Gasteiger partial charge is 0.374 e. The highest BCUT2D eigenvalue weighted by Gasteiger charge is 2.23. The average molecular weight is 346 g/mol. The molecule has 136 valence electrons. The normalized spacial score (nSPS) is 14.6. The van der Waals surface area contributed by atoms with E-state index in [1.807, 2.05) is 13.8 Å². The molecule has 0 spiro atoms. The van der Waals surface area contributed by atoms with Gasteiger partial charge in [-0.05, 0) is 49.9 Å². The van der Waals surface area contributed by atoms with Crippen LogP contribution in [0.15, 0.2) is 24.3 Å². The van der Waals surface area contributed by atoms with Gasteiger partial charge in [0.05, 0.1) is 0 Å². The molecule has 1 aliphatic rings. The van der Waals surface area contributed by atoms with E-state index in [1.54, 1.807) is 31.2 Å². The Labute approximate surface area is 147 Å². The molecule has 0 heterocycles. The zero-order valence-corrected chi connectivity index (χ0v) is 14.9. The highest BCUT2D eigenvalue weighted by molar-refractivity contribution is 5.98. The Kier molecular flexibility index (Phi) is 6.38. The van der Waals surface area contributed by atoms with Crippen molar-refractivity contribution in [1.29, 1.82) is 0 Å². The van der Waals surface area contributed by atoms with Crippen molar-refractivity contribution in [2.45, 2.75) is 45.7 Å². The molecule has 0 aliphatic heterocycles. The molecule has 7 nitrogen and oxygen atoms in total. The van der Waals surface area contributed by atoms with E-state index in [2.05, 4.69) is 21.3 Å². The first-order chi connectivity index (χ1) is 11.8. The maximum Gasteiger partial charge on any atom is 0.321 e. The summed E-state index contributed by atoms with van der Waals surface area (Å²) in [5.74, 6) is -0.189. The molecule has 0 saturated heterocycles. The Morgan fingerprint density at radius 2 is 1.72 bits per heavy atom. The van der Waals surface area contributed by atoms with E-state index in [0.29, 0.717) is 29.8 Å². The smallest absolute Gasteiger partial charge is 0.321 e. The van der Waals surface area contributed by atoms with Crippen LogP contribution in [-0.4, -0.2) is 36.5 Å². The van der Waals surface area contributed by atoms with Gasteiger partial charge < -0.3 is 16.0 Å². The van der Waals surface area contributed by atoms with Gasteiger partial charge in [0.2, 0.25) is 5.91 Å². The number of benzene rings is 1. The number of hydrogen-bond acceptors (Lipinski definition) is 4. The van der Waals surface area contributed by atoms with Crippen molar-refractivity contribution in [3.63, 3.8) is 0 Å². The fourth-order valence-corrected chi connectivity index (χ4v) is 2.09. The second-order valence-electron chi connectivity index (χ2n) is 6.78. The zero-order valence-electron chi connectivity index (χ0n) is 14.9. The SMILES string of the molecule is CC(C)CNC(=O)NC(=O)C(C)Nc1ccc(C(=O)NC2CC2)cc1. The summed E-state index contributed by atoms with van der Waals surface area (Å²) in [7, 11) is 0. The first kappa shape index (κ1) is 18.8. The summed E-state index contributed by atoms with van der Waals surface area (Å²) in [6.07, 6.45) is 2.09. The average Bonchev–Trinajstić information content (AvgIpc) is 3.37. The molecule has 2 rings (SSSR count). The van der Waals surface area contributed by atoms with Crippen LogP contribution in [0.25, 0.3) is 0 Å². The molecule has 7 heteroatoms. The van der Waals surface area contributed by atoms with E-state index >= 15 is 0 Å². The Morgan fingerprint density at radius 3 is 2.28 bits per heavy atom. The topological polar surface area (TPSA) is 99.3 Å². The van der Waals surface area contributed by atoms with Gasteiger partial charge in [0.25, 0.3) is 5.91 Å². The van der Waals surface area contributed by atoms with E-state index in [1.165, 1.54) is 0 Å². The van der Waals surface area contributed by atoms with Crippen molar-refractivity contribution in [3.05, 3.63) is 29.8 Å². The first-order valence-corrected chi connectivity index (χ1v) is 8.61. The maximum atomic E-state index is 12.0. The minimum Gasteiger partial charge on any atom is -0.374 e. The molecule has 1 aromatic carbocycles. The van der Waals surface area contributed by atoms with Gasteiger partial charge in [-0.25, -0.2) is 4.79 Å². The fourth-order valence-electron chi connectivity index (χ4n) is 2.09. The van der Waals surface area contributed by atoms with Crippen LogP contribution in [0.4, 0.5) is 10.5 Å². The summed E-state index contributed by atoms with van der Waals surface area (Å²) in [6, 6.07) is 6.13. The lowest BCUT2D eigenvalue weighted by Crippen LogP contribution is -2.46. The molecular formula is C18H26N4O3. The maximum absolute atomic E-state index is 12.0. The third-order valence-electron chi connectivity index (χ3n) is 3.74. The Morgan fingerprint density at radius 1 is 1.08 bits per heavy atom. The predicted octanol–water partition coefficient (Wildman–Crippen LogP) is 1.86. The van der Waals surface area contributed by atoms with Crippen molar-refractivity contribution in [3.8, 4) is 0 Å². The monoisotopic (exact) mass is 346 g/mol. The number of rotatable bonds is 7. The van der Waals surface area contributed by atoms with Crippen molar-refractivity contribution >= 4 is 23.5 Å². The van der Waals surface area contributed by atoms with Crippen molar-refractivity contribution in [1.82, 2.24) is 16.0 Å². The summed E-state index contributed by atoms with van der Waals surface area (Å²) in [5, 5.41) is 10.9. The minimum atomic E-state index is -0.587. The van der Waals surface area contributed by atoms with Crippen molar-refractivity contribution < 1.29 is 14.4 Å². The number of anilines is 1. The molecule has 1 aliphatic carbocycles. The number of imide groups is 1. The van der Waals surface area contributed by atoms with E-state index in [-0.39, 0.29) is 5.91 Å². The molecule has 1 saturated carbocycles. The van der Waals surface area contributed by atoms with Gasteiger partial charge in [-0.1, -0.05) is 13.8 Å². The fraction of sp³-hybridized carbons (Fsp3) is 0.500. The van der Waals surface area contributed by atoms with Gasteiger partial charge in [0, 0.05) is 23.8 Å². The zero-order chi connectivity index (χ0) is 18.4. The molecule has 1 unspecified atom stereocenters. The van der Waals surface area contributed by atoms with Crippen LogP contribution in [0.3, 0.4) is 0 Å². The Balaban J connectivity index is 1.80. The van der Waals surface area contributed by atoms with Gasteiger partial charge in [0.15, 0.2) is 0 Å². The number of carbonyl (C=O) groups excluding carboxylic acids is 3. The molecule has 25 heavy (non-hydrogen) atoms. The molecule has 0 radical (unpaired) electrons. The van der Waals surface area contributed by atoms with Crippen molar-refractivity contribution in [2.24, 2.45) is 5.92 Å². The molecule has 1 atom stereocenters. The van der Waals surface area contributed by atoms with Crippen LogP contribution in [0.5, 0.6) is 0 Å². The number of amides is 4. The van der Waals surface area contributed by atoms with E-state index < -0.39 is 18.0 Å². The van der Waals surface area contributed by atoms with Crippen LogP contribution >= 0.6 is 0 Å². The highest BCUT2D eigenvalue weighted by Crippen LogP contribution is 2.19. The van der Waals surface area contributed by atoms with Gasteiger partial charge in [0.1, 0.15) is 6.04 Å². The van der Waals surface area contributed by atoms with E-state index in [0.717, 1.165) is 12.8 Å². The lowest BCUT2D eigenvalue weighted by molar-refractivity contribution is -0.120. The summed E-state index contributed by atoms with van der Waals surface area (Å²) in [6.45, 7) is 6.12. The number of nitrogens with one attached hydrogen (secondary N) is 4. The predicted molar refractivity (Wildman–Crippen MR) is 96.4 cm³/mol. The standard InChI is InChI=1S/C18H26N4O3/c1-11(2)10-19-18(25)22-16(23)12(3)20-14-6-4-13(5-7-14)17(24)21-15-8-9-15/h4-7,11-12,15,20H,8-10H2,1-3H3,(H,21,24)(H2,19,22,23,25). The van der Waals surface area contributed by atoms with Crippen LogP contribution < -0.4 is 21.3 Å². The quantitative estimate of drug-likeness (QED) is 0.605. The van der Waals surface area contributed by atoms with Crippen LogP contribution in [0.1, 0.15) is 44.0 Å². The summed E-state index contributed by atoms with van der Waals surface area (Å²) in [4.78, 5) is 35.5. The Hall–Kier alpha value is -2.57. The van der Waals surface area contributed by atoms with Crippen LogP contribution in [0.2, 0.25) is 0 Å².